The first-order valence-corrected chi connectivity index (χ1v) is 6.92. The zero-order chi connectivity index (χ0) is 13.2. The summed E-state index contributed by atoms with van der Waals surface area (Å²) in [6.07, 6.45) is 2.49. The third-order valence-corrected chi connectivity index (χ3v) is 3.66. The number of benzene rings is 1. The van der Waals surface area contributed by atoms with Gasteiger partial charge in [-0.15, -0.1) is 5.10 Å². The van der Waals surface area contributed by atoms with E-state index >= 15 is 0 Å². The third-order valence-electron chi connectivity index (χ3n) is 3.04. The lowest BCUT2D eigenvalue weighted by atomic mass is 10.3. The second-order valence-electron chi connectivity index (χ2n) is 4.48. The summed E-state index contributed by atoms with van der Waals surface area (Å²) in [6, 6.07) is 6.39. The molecule has 1 aliphatic carbocycles. The fourth-order valence-corrected chi connectivity index (χ4v) is 2.36. The van der Waals surface area contributed by atoms with Crippen molar-refractivity contribution in [2.45, 2.75) is 25.4 Å². The molecule has 0 bridgehead atoms. The van der Waals surface area contributed by atoms with Crippen LogP contribution in [0.25, 0.3) is 5.69 Å². The Hall–Kier alpha value is -1.47. The Morgan fingerprint density at radius 1 is 1.47 bits per heavy atom. The van der Waals surface area contributed by atoms with Gasteiger partial charge in [0.2, 0.25) is 0 Å². The average Bonchev–Trinajstić information content (AvgIpc) is 3.13. The SMILES string of the molecule is COc1ccc(-n2nnnc2CNC2CC2)cc1Br. The maximum absolute atomic E-state index is 5.21. The molecule has 1 N–H and O–H groups in total. The summed E-state index contributed by atoms with van der Waals surface area (Å²) in [5, 5.41) is 15.2. The summed E-state index contributed by atoms with van der Waals surface area (Å²) in [4.78, 5) is 0. The Morgan fingerprint density at radius 2 is 2.32 bits per heavy atom. The number of tetrazole rings is 1. The molecule has 1 fully saturated rings. The van der Waals surface area contributed by atoms with Crippen molar-refractivity contribution >= 4 is 15.9 Å². The smallest absolute Gasteiger partial charge is 0.170 e. The highest BCUT2D eigenvalue weighted by Gasteiger charge is 2.21. The van der Waals surface area contributed by atoms with E-state index in [1.54, 1.807) is 11.8 Å². The number of aromatic nitrogens is 4. The average molecular weight is 324 g/mol. The molecule has 0 atom stereocenters. The van der Waals surface area contributed by atoms with E-state index in [1.807, 2.05) is 18.2 Å². The first-order valence-electron chi connectivity index (χ1n) is 6.12. The van der Waals surface area contributed by atoms with Crippen molar-refractivity contribution in [3.8, 4) is 11.4 Å². The van der Waals surface area contributed by atoms with E-state index in [9.17, 15) is 0 Å². The minimum Gasteiger partial charge on any atom is -0.496 e. The Morgan fingerprint density at radius 3 is 3.00 bits per heavy atom. The van der Waals surface area contributed by atoms with Crippen LogP contribution in [-0.4, -0.2) is 33.4 Å². The fourth-order valence-electron chi connectivity index (χ4n) is 1.83. The summed E-state index contributed by atoms with van der Waals surface area (Å²) < 4.78 is 7.83. The van der Waals surface area contributed by atoms with E-state index in [2.05, 4.69) is 36.8 Å². The van der Waals surface area contributed by atoms with Gasteiger partial charge in [0.05, 0.1) is 23.8 Å². The van der Waals surface area contributed by atoms with Crippen molar-refractivity contribution in [3.05, 3.63) is 28.5 Å². The van der Waals surface area contributed by atoms with Gasteiger partial charge in [0.15, 0.2) is 5.82 Å². The number of rotatable bonds is 5. The van der Waals surface area contributed by atoms with Gasteiger partial charge in [0.25, 0.3) is 0 Å². The lowest BCUT2D eigenvalue weighted by molar-refractivity contribution is 0.412. The predicted octanol–water partition coefficient (Wildman–Crippen LogP) is 1.69. The second-order valence-corrected chi connectivity index (χ2v) is 5.34. The first-order chi connectivity index (χ1) is 9.28. The van der Waals surface area contributed by atoms with Crippen molar-refractivity contribution in [3.63, 3.8) is 0 Å². The molecule has 0 aliphatic heterocycles. The van der Waals surface area contributed by atoms with Gasteiger partial charge in [-0.3, -0.25) is 0 Å². The van der Waals surface area contributed by atoms with Crippen LogP contribution in [0.3, 0.4) is 0 Å². The molecule has 100 valence electrons. The van der Waals surface area contributed by atoms with Crippen LogP contribution in [0.2, 0.25) is 0 Å². The lowest BCUT2D eigenvalue weighted by Gasteiger charge is -2.08. The highest BCUT2D eigenvalue weighted by atomic mass is 79.9. The van der Waals surface area contributed by atoms with Crippen molar-refractivity contribution < 1.29 is 4.74 Å². The molecule has 0 unspecified atom stereocenters. The number of methoxy groups -OCH3 is 1. The van der Waals surface area contributed by atoms with Gasteiger partial charge < -0.3 is 10.1 Å². The van der Waals surface area contributed by atoms with Crippen LogP contribution in [0.4, 0.5) is 0 Å². The van der Waals surface area contributed by atoms with Crippen LogP contribution < -0.4 is 10.1 Å². The summed E-state index contributed by atoms with van der Waals surface area (Å²) in [6.45, 7) is 0.682. The molecule has 19 heavy (non-hydrogen) atoms. The van der Waals surface area contributed by atoms with Gasteiger partial charge >= 0.3 is 0 Å². The van der Waals surface area contributed by atoms with Gasteiger partial charge in [-0.2, -0.15) is 4.68 Å². The van der Waals surface area contributed by atoms with Gasteiger partial charge in [0, 0.05) is 6.04 Å². The molecule has 2 aromatic rings. The quantitative estimate of drug-likeness (QED) is 0.907. The van der Waals surface area contributed by atoms with Crippen LogP contribution in [0, 0.1) is 0 Å². The zero-order valence-corrected chi connectivity index (χ0v) is 12.1. The highest BCUT2D eigenvalue weighted by Crippen LogP contribution is 2.27. The molecule has 1 heterocycles. The van der Waals surface area contributed by atoms with Crippen molar-refractivity contribution in [2.24, 2.45) is 0 Å². The third kappa shape index (κ3) is 2.76. The Labute approximate surface area is 119 Å². The molecule has 1 aromatic heterocycles. The normalized spacial score (nSPS) is 14.6. The molecular formula is C12H14BrN5O. The van der Waals surface area contributed by atoms with E-state index < -0.39 is 0 Å². The standard InChI is InChI=1S/C12H14BrN5O/c1-19-11-5-4-9(6-10(11)13)18-12(15-16-17-18)7-14-8-2-3-8/h4-6,8,14H,2-3,7H2,1H3. The molecule has 7 heteroatoms. The van der Waals surface area contributed by atoms with Crippen LogP contribution in [-0.2, 0) is 6.54 Å². The molecule has 0 radical (unpaired) electrons. The van der Waals surface area contributed by atoms with Crippen LogP contribution >= 0.6 is 15.9 Å². The van der Waals surface area contributed by atoms with E-state index in [0.29, 0.717) is 12.6 Å². The predicted molar refractivity (Wildman–Crippen MR) is 73.3 cm³/mol. The van der Waals surface area contributed by atoms with E-state index in [1.165, 1.54) is 12.8 Å². The summed E-state index contributed by atoms with van der Waals surface area (Å²) in [5.74, 6) is 1.60. The lowest BCUT2D eigenvalue weighted by Crippen LogP contribution is -2.18. The van der Waals surface area contributed by atoms with E-state index in [4.69, 9.17) is 4.74 Å². The highest BCUT2D eigenvalue weighted by molar-refractivity contribution is 9.10. The maximum Gasteiger partial charge on any atom is 0.170 e. The molecule has 0 spiro atoms. The number of nitrogens with zero attached hydrogens (tertiary/aromatic N) is 4. The number of halogens is 1. The topological polar surface area (TPSA) is 64.9 Å². The minimum atomic E-state index is 0.632. The number of ether oxygens (including phenoxy) is 1. The van der Waals surface area contributed by atoms with Gasteiger partial charge in [0.1, 0.15) is 5.75 Å². The molecule has 1 aromatic carbocycles. The number of hydrogen-bond acceptors (Lipinski definition) is 5. The van der Waals surface area contributed by atoms with Crippen LogP contribution in [0.5, 0.6) is 5.75 Å². The molecule has 0 saturated heterocycles. The summed E-state index contributed by atoms with van der Waals surface area (Å²) in [7, 11) is 1.64. The summed E-state index contributed by atoms with van der Waals surface area (Å²) >= 11 is 3.47. The Bertz CT molecular complexity index is 581. The molecule has 6 nitrogen and oxygen atoms in total. The monoisotopic (exact) mass is 323 g/mol. The molecule has 1 saturated carbocycles. The zero-order valence-electron chi connectivity index (χ0n) is 10.5. The largest absolute Gasteiger partial charge is 0.496 e. The first kappa shape index (κ1) is 12.6. The van der Waals surface area contributed by atoms with E-state index in [0.717, 1.165) is 21.7 Å². The van der Waals surface area contributed by atoms with E-state index in [-0.39, 0.29) is 0 Å². The van der Waals surface area contributed by atoms with Crippen molar-refractivity contribution in [2.75, 3.05) is 7.11 Å². The van der Waals surface area contributed by atoms with Gasteiger partial charge in [-0.1, -0.05) is 0 Å². The molecular weight excluding hydrogens is 310 g/mol. The number of hydrogen-bond donors (Lipinski definition) is 1. The Balaban J connectivity index is 1.84. The van der Waals surface area contributed by atoms with Crippen LogP contribution in [0.1, 0.15) is 18.7 Å². The molecule has 0 amide bonds. The maximum atomic E-state index is 5.21. The van der Waals surface area contributed by atoms with Crippen LogP contribution in [0.15, 0.2) is 22.7 Å². The van der Waals surface area contributed by atoms with Crippen molar-refractivity contribution in [1.29, 1.82) is 0 Å². The summed E-state index contributed by atoms with van der Waals surface area (Å²) in [5.41, 5.74) is 0.908. The number of nitrogens with one attached hydrogen (secondary N) is 1. The van der Waals surface area contributed by atoms with Gasteiger partial charge in [-0.05, 0) is 57.4 Å². The fraction of sp³-hybridized carbons (Fsp3) is 0.417. The van der Waals surface area contributed by atoms with Crippen molar-refractivity contribution in [1.82, 2.24) is 25.5 Å². The van der Waals surface area contributed by atoms with Gasteiger partial charge in [-0.25, -0.2) is 0 Å². The minimum absolute atomic E-state index is 0.632. The molecule has 1 aliphatic rings. The second kappa shape index (κ2) is 5.26. The molecule has 3 rings (SSSR count). The Kier molecular flexibility index (Phi) is 3.48.